The Morgan fingerprint density at radius 2 is 1.72 bits per heavy atom. The van der Waals surface area contributed by atoms with Gasteiger partial charge in [0.25, 0.3) is 5.91 Å². The Bertz CT molecular complexity index is 1330. The number of carbonyl (C=O) groups excluding carboxylic acids is 4. The molecule has 3 N–H and O–H groups in total. The number of hydrogen-bond acceptors (Lipinski definition) is 8. The van der Waals surface area contributed by atoms with Crippen molar-refractivity contribution in [3.05, 3.63) is 12.2 Å². The monoisotopic (exact) mass is 682 g/mol. The van der Waals surface area contributed by atoms with Gasteiger partial charge < -0.3 is 24.7 Å². The molecule has 2 saturated carbocycles. The zero-order chi connectivity index (χ0) is 34.3. The molecule has 4 rings (SSSR count). The second-order valence-corrected chi connectivity index (χ2v) is 22.7. The van der Waals surface area contributed by atoms with E-state index >= 15 is 0 Å². The topological polar surface area (TPSA) is 160 Å². The molecule has 2 aliphatic carbocycles. The molecule has 0 spiro atoms. The Kier molecular flexibility index (Phi) is 10.5. The van der Waals surface area contributed by atoms with E-state index in [1.54, 1.807) is 20.8 Å². The van der Waals surface area contributed by atoms with E-state index in [1.165, 1.54) is 4.90 Å². The number of sulfonamides is 1. The van der Waals surface area contributed by atoms with Crippen LogP contribution >= 0.6 is 0 Å². The Morgan fingerprint density at radius 1 is 1.04 bits per heavy atom. The maximum atomic E-state index is 14.3. The van der Waals surface area contributed by atoms with Crippen molar-refractivity contribution in [3.8, 4) is 0 Å². The number of alkyl carbamates (subject to hydrolysis) is 1. The molecule has 4 aliphatic rings. The van der Waals surface area contributed by atoms with Crippen molar-refractivity contribution in [3.63, 3.8) is 0 Å². The van der Waals surface area contributed by atoms with Crippen LogP contribution in [0.3, 0.4) is 0 Å². The lowest BCUT2D eigenvalue weighted by Crippen LogP contribution is -2.58. The number of amides is 4. The molecule has 1 saturated heterocycles. The number of carbonyl (C=O) groups is 4. The average Bonchev–Trinajstić information content (AvgIpc) is 3.82. The Hall–Kier alpha value is -2.45. The number of ether oxygens (including phenoxy) is 1. The van der Waals surface area contributed by atoms with Crippen molar-refractivity contribution in [2.75, 3.05) is 6.54 Å². The summed E-state index contributed by atoms with van der Waals surface area (Å²) in [4.78, 5) is 56.3. The number of allylic oxidation sites excluding steroid dienone is 1. The van der Waals surface area contributed by atoms with E-state index in [4.69, 9.17) is 9.16 Å². The molecule has 14 heteroatoms. The van der Waals surface area contributed by atoms with Gasteiger partial charge in [0.2, 0.25) is 21.8 Å². The molecular formula is C32H54N4O8SSi. The summed E-state index contributed by atoms with van der Waals surface area (Å²) in [5, 5.41) is 4.95. The molecule has 46 heavy (non-hydrogen) atoms. The normalized spacial score (nSPS) is 30.6. The van der Waals surface area contributed by atoms with E-state index in [0.717, 1.165) is 19.3 Å². The molecule has 0 bridgehead atoms. The molecule has 5 atom stereocenters. The van der Waals surface area contributed by atoms with E-state index < -0.39 is 76.7 Å². The number of fused-ring (bicyclic) bond motifs is 2. The van der Waals surface area contributed by atoms with Gasteiger partial charge in [-0.05, 0) is 77.4 Å². The molecule has 2 heterocycles. The lowest BCUT2D eigenvalue weighted by Gasteiger charge is -2.38. The largest absolute Gasteiger partial charge is 0.444 e. The van der Waals surface area contributed by atoms with Crippen molar-refractivity contribution in [2.24, 2.45) is 5.92 Å². The first kappa shape index (κ1) is 36.4. The van der Waals surface area contributed by atoms with Gasteiger partial charge in [0, 0.05) is 18.9 Å². The molecular weight excluding hydrogens is 629 g/mol. The van der Waals surface area contributed by atoms with Crippen LogP contribution in [-0.2, 0) is 33.6 Å². The predicted octanol–water partition coefficient (Wildman–Crippen LogP) is 3.87. The standard InChI is InChI=1S/C32H54N4O8SSi/c1-30(2,3)43-29(40)33-24-15-13-11-9-10-12-14-21-19-32(21,28(39)35-45(41,42)23-16-17-23)34-26(37)25-18-22(20-36(25)27(24)38)44-46(7,8)31(4,5)6/h12,14,21-25H,9-11,13,15-20H2,1-8H3,(H,33,40)(H,34,37)(H,35,39)/b14-12+. The predicted molar refractivity (Wildman–Crippen MR) is 177 cm³/mol. The van der Waals surface area contributed by atoms with Crippen molar-refractivity contribution < 1.29 is 36.8 Å². The van der Waals surface area contributed by atoms with Gasteiger partial charge in [0.1, 0.15) is 23.2 Å². The zero-order valence-corrected chi connectivity index (χ0v) is 30.6. The van der Waals surface area contributed by atoms with Crippen molar-refractivity contribution in [1.29, 1.82) is 0 Å². The van der Waals surface area contributed by atoms with Crippen LogP contribution in [0.25, 0.3) is 0 Å². The van der Waals surface area contributed by atoms with Crippen LogP contribution < -0.4 is 15.4 Å². The van der Waals surface area contributed by atoms with E-state index in [-0.39, 0.29) is 30.3 Å². The minimum absolute atomic E-state index is 0.112. The van der Waals surface area contributed by atoms with Crippen molar-refractivity contribution >= 4 is 42.2 Å². The molecule has 0 aromatic heterocycles. The summed E-state index contributed by atoms with van der Waals surface area (Å²) in [5.41, 5.74) is -2.20. The SMILES string of the molecule is CC(C)(C)OC(=O)NC1CCCCC/C=C/C2CC2(C(=O)NS(=O)(=O)C2CC2)NC(=O)C2CC(O[Si](C)(C)C(C)(C)C)CN2C1=O. The highest BCUT2D eigenvalue weighted by atomic mass is 32.2. The number of rotatable bonds is 6. The third kappa shape index (κ3) is 8.71. The Labute approximate surface area is 275 Å². The van der Waals surface area contributed by atoms with Gasteiger partial charge in [-0.2, -0.15) is 0 Å². The maximum absolute atomic E-state index is 14.3. The Balaban J connectivity index is 1.65. The van der Waals surface area contributed by atoms with Gasteiger partial charge in [0.15, 0.2) is 8.32 Å². The molecule has 0 aromatic carbocycles. The second kappa shape index (κ2) is 13.2. The molecule has 12 nitrogen and oxygen atoms in total. The summed E-state index contributed by atoms with van der Waals surface area (Å²) >= 11 is 0. The van der Waals surface area contributed by atoms with Gasteiger partial charge in [-0.15, -0.1) is 0 Å². The van der Waals surface area contributed by atoms with Crippen LogP contribution in [0.2, 0.25) is 18.1 Å². The summed E-state index contributed by atoms with van der Waals surface area (Å²) in [6.45, 7) is 16.0. The summed E-state index contributed by atoms with van der Waals surface area (Å²) in [5.74, 6) is -2.08. The lowest BCUT2D eigenvalue weighted by atomic mass is 10.0. The molecule has 4 amide bonds. The van der Waals surface area contributed by atoms with E-state index in [2.05, 4.69) is 49.2 Å². The second-order valence-electron chi connectivity index (χ2n) is 16.0. The van der Waals surface area contributed by atoms with Crippen LogP contribution in [0.1, 0.15) is 99.3 Å². The Morgan fingerprint density at radius 3 is 2.33 bits per heavy atom. The highest BCUT2D eigenvalue weighted by Gasteiger charge is 2.62. The minimum Gasteiger partial charge on any atom is -0.444 e. The average molecular weight is 683 g/mol. The first-order chi connectivity index (χ1) is 21.2. The molecule has 0 aromatic rings. The fourth-order valence-electron chi connectivity index (χ4n) is 5.89. The third-order valence-corrected chi connectivity index (χ3v) is 16.2. The summed E-state index contributed by atoms with van der Waals surface area (Å²) in [6, 6.07) is -1.91. The molecule has 5 unspecified atom stereocenters. The summed E-state index contributed by atoms with van der Waals surface area (Å²) < 4.78 is 39.8. The number of hydrogen-bond donors (Lipinski definition) is 3. The van der Waals surface area contributed by atoms with Gasteiger partial charge in [0.05, 0.1) is 11.4 Å². The quantitative estimate of drug-likeness (QED) is 0.281. The van der Waals surface area contributed by atoms with Crippen molar-refractivity contribution in [1.82, 2.24) is 20.3 Å². The lowest BCUT2D eigenvalue weighted by molar-refractivity contribution is -0.141. The van der Waals surface area contributed by atoms with Crippen LogP contribution in [0.5, 0.6) is 0 Å². The van der Waals surface area contributed by atoms with Crippen molar-refractivity contribution in [2.45, 2.75) is 152 Å². The van der Waals surface area contributed by atoms with Crippen LogP contribution in [0, 0.1) is 5.92 Å². The number of nitrogens with one attached hydrogen (secondary N) is 3. The van der Waals surface area contributed by atoms with Gasteiger partial charge in [-0.3, -0.25) is 19.1 Å². The van der Waals surface area contributed by atoms with E-state index in [1.807, 2.05) is 12.2 Å². The summed E-state index contributed by atoms with van der Waals surface area (Å²) in [7, 11) is -6.14. The molecule has 3 fully saturated rings. The smallest absolute Gasteiger partial charge is 0.408 e. The van der Waals surface area contributed by atoms with Gasteiger partial charge in [-0.25, -0.2) is 13.2 Å². The van der Waals surface area contributed by atoms with E-state index in [0.29, 0.717) is 25.7 Å². The molecule has 260 valence electrons. The highest BCUT2D eigenvalue weighted by Crippen LogP contribution is 2.46. The van der Waals surface area contributed by atoms with Crippen LogP contribution in [0.15, 0.2) is 12.2 Å². The minimum atomic E-state index is -3.84. The number of nitrogens with zero attached hydrogens (tertiary/aromatic N) is 1. The summed E-state index contributed by atoms with van der Waals surface area (Å²) in [6.07, 6.45) is 7.56. The van der Waals surface area contributed by atoms with Crippen LogP contribution in [0.4, 0.5) is 4.79 Å². The fraction of sp³-hybridized carbons (Fsp3) is 0.812. The first-order valence-corrected chi connectivity index (χ1v) is 21.1. The third-order valence-electron chi connectivity index (χ3n) is 9.80. The van der Waals surface area contributed by atoms with Gasteiger partial charge in [-0.1, -0.05) is 45.8 Å². The molecule has 0 radical (unpaired) electrons. The van der Waals surface area contributed by atoms with Gasteiger partial charge >= 0.3 is 6.09 Å². The first-order valence-electron chi connectivity index (χ1n) is 16.7. The molecule has 2 aliphatic heterocycles. The maximum Gasteiger partial charge on any atom is 0.408 e. The fourth-order valence-corrected chi connectivity index (χ4v) is 8.61. The van der Waals surface area contributed by atoms with E-state index in [9.17, 15) is 27.6 Å². The van der Waals surface area contributed by atoms with Crippen LogP contribution in [-0.4, -0.2) is 86.6 Å². The highest BCUT2D eigenvalue weighted by molar-refractivity contribution is 7.91. The zero-order valence-electron chi connectivity index (χ0n) is 28.7.